The average molecular weight is 324 g/mol. The number of urea groups is 1. The van der Waals surface area contributed by atoms with Gasteiger partial charge in [0.2, 0.25) is 0 Å². The van der Waals surface area contributed by atoms with Crippen LogP contribution in [0.4, 0.5) is 10.6 Å². The zero-order valence-corrected chi connectivity index (χ0v) is 13.3. The number of aliphatic hydroxyl groups is 1. The third-order valence-corrected chi connectivity index (χ3v) is 4.69. The summed E-state index contributed by atoms with van der Waals surface area (Å²) in [5.41, 5.74) is 3.13. The van der Waals surface area contributed by atoms with Crippen molar-refractivity contribution in [2.24, 2.45) is 0 Å². The lowest BCUT2D eigenvalue weighted by atomic mass is 9.86. The molecule has 0 bridgehead atoms. The van der Waals surface area contributed by atoms with Gasteiger partial charge in [0.05, 0.1) is 17.8 Å². The van der Waals surface area contributed by atoms with Gasteiger partial charge in [-0.1, -0.05) is 24.3 Å². The Morgan fingerprint density at radius 2 is 1.92 bits per heavy atom. The molecule has 1 saturated carbocycles. The summed E-state index contributed by atoms with van der Waals surface area (Å²) in [5.74, 6) is 0.949. The van der Waals surface area contributed by atoms with Crippen molar-refractivity contribution >= 4 is 11.8 Å². The number of rotatable bonds is 3. The van der Waals surface area contributed by atoms with Crippen LogP contribution >= 0.6 is 0 Å². The summed E-state index contributed by atoms with van der Waals surface area (Å²) < 4.78 is 0. The number of hydrogen-bond donors (Lipinski definition) is 3. The Hall–Kier alpha value is -2.47. The van der Waals surface area contributed by atoms with Crippen molar-refractivity contribution in [2.75, 3.05) is 5.32 Å². The number of carbonyl (C=O) groups is 1. The van der Waals surface area contributed by atoms with Crippen LogP contribution in [0.25, 0.3) is 0 Å². The van der Waals surface area contributed by atoms with Crippen LogP contribution in [0.5, 0.6) is 0 Å². The van der Waals surface area contributed by atoms with E-state index in [4.69, 9.17) is 0 Å². The molecule has 2 amide bonds. The molecule has 0 spiro atoms. The maximum atomic E-state index is 12.3. The van der Waals surface area contributed by atoms with E-state index in [2.05, 4.69) is 20.8 Å². The van der Waals surface area contributed by atoms with Crippen molar-refractivity contribution in [1.82, 2.24) is 15.5 Å². The second-order valence-corrected chi connectivity index (χ2v) is 6.50. The minimum Gasteiger partial charge on any atom is -0.391 e. The number of carbonyl (C=O) groups excluding carboxylic acids is 1. The van der Waals surface area contributed by atoms with Crippen molar-refractivity contribution in [3.05, 3.63) is 53.2 Å². The summed E-state index contributed by atoms with van der Waals surface area (Å²) >= 11 is 0. The largest absolute Gasteiger partial charge is 0.391 e. The Kier molecular flexibility index (Phi) is 3.90. The molecule has 2 aromatic rings. The summed E-state index contributed by atoms with van der Waals surface area (Å²) in [7, 11) is 0. The van der Waals surface area contributed by atoms with Gasteiger partial charge < -0.3 is 10.4 Å². The van der Waals surface area contributed by atoms with Crippen LogP contribution < -0.4 is 10.6 Å². The van der Waals surface area contributed by atoms with Gasteiger partial charge >= 0.3 is 6.03 Å². The van der Waals surface area contributed by atoms with E-state index in [9.17, 15) is 9.90 Å². The Bertz CT molecular complexity index is 743. The van der Waals surface area contributed by atoms with Gasteiger partial charge in [-0.05, 0) is 48.9 Å². The number of aryl methyl sites for hydroxylation is 1. The molecule has 4 rings (SSSR count). The lowest BCUT2D eigenvalue weighted by Crippen LogP contribution is -2.41. The molecule has 24 heavy (non-hydrogen) atoms. The van der Waals surface area contributed by atoms with Gasteiger partial charge in [0.1, 0.15) is 0 Å². The lowest BCUT2D eigenvalue weighted by molar-refractivity contribution is 0.114. The number of amides is 2. The van der Waals surface area contributed by atoms with Crippen LogP contribution in [0.3, 0.4) is 0 Å². The van der Waals surface area contributed by atoms with Crippen molar-refractivity contribution in [3.8, 4) is 0 Å². The minimum absolute atomic E-state index is 0.385. The first-order valence-electron chi connectivity index (χ1n) is 8.38. The highest BCUT2D eigenvalue weighted by Crippen LogP contribution is 2.38. The summed E-state index contributed by atoms with van der Waals surface area (Å²) in [6.45, 7) is 0. The van der Waals surface area contributed by atoms with E-state index in [0.717, 1.165) is 17.7 Å². The van der Waals surface area contributed by atoms with Crippen LogP contribution in [0.2, 0.25) is 0 Å². The topological polar surface area (TPSA) is 87.1 Å². The van der Waals surface area contributed by atoms with Gasteiger partial charge in [-0.15, -0.1) is 5.10 Å². The SMILES string of the molecule is O=C(Nc1ccc(C2CC2)nn1)N[C@H]1c2ccccc2CC[C@H]1O. The Balaban J connectivity index is 1.43. The zero-order valence-electron chi connectivity index (χ0n) is 13.3. The molecule has 124 valence electrons. The molecule has 3 N–H and O–H groups in total. The van der Waals surface area contributed by atoms with E-state index in [1.807, 2.05) is 30.3 Å². The number of benzene rings is 1. The molecule has 2 aliphatic rings. The highest BCUT2D eigenvalue weighted by atomic mass is 16.3. The second-order valence-electron chi connectivity index (χ2n) is 6.50. The molecule has 0 unspecified atom stereocenters. The summed E-state index contributed by atoms with van der Waals surface area (Å²) in [6.07, 6.45) is 3.21. The Labute approximate surface area is 140 Å². The molecular formula is C18H20N4O2. The summed E-state index contributed by atoms with van der Waals surface area (Å²) in [4.78, 5) is 12.3. The fraction of sp³-hybridized carbons (Fsp3) is 0.389. The molecular weight excluding hydrogens is 304 g/mol. The van der Waals surface area contributed by atoms with Gasteiger partial charge in [0.25, 0.3) is 0 Å². The van der Waals surface area contributed by atoms with Crippen LogP contribution in [-0.4, -0.2) is 27.4 Å². The van der Waals surface area contributed by atoms with E-state index in [-0.39, 0.29) is 6.03 Å². The van der Waals surface area contributed by atoms with Crippen LogP contribution in [0.1, 0.15) is 48.0 Å². The number of nitrogens with one attached hydrogen (secondary N) is 2. The van der Waals surface area contributed by atoms with Gasteiger partial charge in [-0.3, -0.25) is 5.32 Å². The number of fused-ring (bicyclic) bond motifs is 1. The summed E-state index contributed by atoms with van der Waals surface area (Å²) in [5, 5.41) is 24.0. The molecule has 0 saturated heterocycles. The number of aliphatic hydroxyl groups excluding tert-OH is 1. The molecule has 0 aliphatic heterocycles. The monoisotopic (exact) mass is 324 g/mol. The highest BCUT2D eigenvalue weighted by Gasteiger charge is 2.29. The standard InChI is InChI=1S/C18H20N4O2/c23-15-9-7-11-3-1-2-4-13(11)17(15)20-18(24)19-16-10-8-14(21-22-16)12-5-6-12/h1-4,8,10,12,15,17,23H,5-7,9H2,(H2,19,20,22,24)/t15-,17+/m1/s1. The van der Waals surface area contributed by atoms with Crippen molar-refractivity contribution < 1.29 is 9.90 Å². The highest BCUT2D eigenvalue weighted by molar-refractivity contribution is 5.88. The number of nitrogens with zero attached hydrogens (tertiary/aromatic N) is 2. The van der Waals surface area contributed by atoms with Crippen molar-refractivity contribution in [1.29, 1.82) is 0 Å². The maximum absolute atomic E-state index is 12.3. The van der Waals surface area contributed by atoms with Gasteiger partial charge in [0, 0.05) is 5.92 Å². The average Bonchev–Trinajstić information content (AvgIpc) is 3.43. The Morgan fingerprint density at radius 3 is 2.67 bits per heavy atom. The molecule has 2 atom stereocenters. The lowest BCUT2D eigenvalue weighted by Gasteiger charge is -2.30. The van der Waals surface area contributed by atoms with Crippen LogP contribution in [0.15, 0.2) is 36.4 Å². The van der Waals surface area contributed by atoms with Gasteiger partial charge in [0.15, 0.2) is 5.82 Å². The number of hydrogen-bond acceptors (Lipinski definition) is 4. The van der Waals surface area contributed by atoms with E-state index >= 15 is 0 Å². The normalized spacial score (nSPS) is 22.5. The first kappa shape index (κ1) is 15.1. The fourth-order valence-corrected chi connectivity index (χ4v) is 3.22. The molecule has 1 fully saturated rings. The first-order chi connectivity index (χ1) is 11.7. The molecule has 6 nitrogen and oxygen atoms in total. The third-order valence-electron chi connectivity index (χ3n) is 4.69. The summed E-state index contributed by atoms with van der Waals surface area (Å²) in [6, 6.07) is 10.8. The fourth-order valence-electron chi connectivity index (χ4n) is 3.22. The zero-order chi connectivity index (χ0) is 16.5. The number of anilines is 1. The Morgan fingerprint density at radius 1 is 1.08 bits per heavy atom. The predicted molar refractivity (Wildman–Crippen MR) is 89.7 cm³/mol. The van der Waals surface area contributed by atoms with Crippen LogP contribution in [-0.2, 0) is 6.42 Å². The van der Waals surface area contributed by atoms with Gasteiger partial charge in [-0.25, -0.2) is 4.79 Å². The first-order valence-corrected chi connectivity index (χ1v) is 8.38. The molecule has 6 heteroatoms. The van der Waals surface area contributed by atoms with Crippen LogP contribution in [0, 0.1) is 0 Å². The quantitative estimate of drug-likeness (QED) is 0.809. The molecule has 1 aromatic heterocycles. The van der Waals surface area contributed by atoms with E-state index < -0.39 is 12.1 Å². The van der Waals surface area contributed by atoms with E-state index in [0.29, 0.717) is 18.2 Å². The minimum atomic E-state index is -0.589. The molecule has 0 radical (unpaired) electrons. The van der Waals surface area contributed by atoms with E-state index in [1.165, 1.54) is 18.4 Å². The van der Waals surface area contributed by atoms with Crippen molar-refractivity contribution in [3.63, 3.8) is 0 Å². The molecule has 2 aliphatic carbocycles. The second kappa shape index (κ2) is 6.20. The maximum Gasteiger partial charge on any atom is 0.321 e. The van der Waals surface area contributed by atoms with Crippen molar-refractivity contribution in [2.45, 2.75) is 43.7 Å². The molecule has 1 heterocycles. The van der Waals surface area contributed by atoms with E-state index in [1.54, 1.807) is 6.07 Å². The molecule has 1 aromatic carbocycles. The number of aromatic nitrogens is 2. The third kappa shape index (κ3) is 3.10. The smallest absolute Gasteiger partial charge is 0.321 e. The van der Waals surface area contributed by atoms with Gasteiger partial charge in [-0.2, -0.15) is 5.10 Å². The predicted octanol–water partition coefficient (Wildman–Crippen LogP) is 2.52.